The lowest BCUT2D eigenvalue weighted by Crippen LogP contribution is -2.38. The molecule has 1 aliphatic rings. The van der Waals surface area contributed by atoms with Crippen LogP contribution in [0.15, 0.2) is 78.9 Å². The van der Waals surface area contributed by atoms with Gasteiger partial charge in [0.1, 0.15) is 0 Å². The van der Waals surface area contributed by atoms with Crippen LogP contribution in [0, 0.1) is 6.92 Å². The molecule has 0 unspecified atom stereocenters. The lowest BCUT2D eigenvalue weighted by Gasteiger charge is -2.37. The van der Waals surface area contributed by atoms with Crippen LogP contribution in [0.3, 0.4) is 0 Å². The van der Waals surface area contributed by atoms with Crippen molar-refractivity contribution in [3.05, 3.63) is 90.0 Å². The molecular weight excluding hydrogens is 462 g/mol. The van der Waals surface area contributed by atoms with Gasteiger partial charge in [0, 0.05) is 18.3 Å². The second-order valence-electron chi connectivity index (χ2n) is 9.90. The Bertz CT molecular complexity index is 1280. The van der Waals surface area contributed by atoms with Crippen LogP contribution in [-0.4, -0.2) is 29.7 Å². The Morgan fingerprint density at radius 2 is 1.68 bits per heavy atom. The van der Waals surface area contributed by atoms with Gasteiger partial charge in [0.05, 0.1) is 16.9 Å². The molecule has 0 bridgehead atoms. The predicted molar refractivity (Wildman–Crippen MR) is 152 cm³/mol. The lowest BCUT2D eigenvalue weighted by atomic mass is 9.92. The summed E-state index contributed by atoms with van der Waals surface area (Å²) in [6, 6.07) is 20.4. The van der Waals surface area contributed by atoms with Crippen molar-refractivity contribution in [1.29, 1.82) is 0 Å². The number of amides is 2. The number of rotatable bonds is 8. The van der Waals surface area contributed by atoms with E-state index in [0.29, 0.717) is 29.5 Å². The summed E-state index contributed by atoms with van der Waals surface area (Å²) in [6.45, 7) is 8.86. The molecule has 1 fully saturated rings. The lowest BCUT2D eigenvalue weighted by molar-refractivity contribution is 0.0697. The van der Waals surface area contributed by atoms with E-state index >= 15 is 0 Å². The number of hydrogen-bond acceptors (Lipinski definition) is 3. The van der Waals surface area contributed by atoms with Gasteiger partial charge in [-0.1, -0.05) is 73.4 Å². The summed E-state index contributed by atoms with van der Waals surface area (Å²) in [5.41, 5.74) is 5.94. The van der Waals surface area contributed by atoms with Crippen molar-refractivity contribution in [2.45, 2.75) is 52.0 Å². The summed E-state index contributed by atoms with van der Waals surface area (Å²) >= 11 is 0. The molecule has 3 N–H and O–H groups in total. The fraction of sp³-hybridized carbons (Fsp3) is 0.290. The van der Waals surface area contributed by atoms with E-state index in [0.717, 1.165) is 35.2 Å². The van der Waals surface area contributed by atoms with E-state index in [4.69, 9.17) is 0 Å². The van der Waals surface area contributed by atoms with Crippen LogP contribution in [0.2, 0.25) is 0 Å². The molecule has 1 saturated carbocycles. The van der Waals surface area contributed by atoms with Crippen molar-refractivity contribution in [2.75, 3.05) is 22.1 Å². The Morgan fingerprint density at radius 3 is 2.35 bits per heavy atom. The molecular formula is C31H35N3O3. The average Bonchev–Trinajstić information content (AvgIpc) is 2.89. The van der Waals surface area contributed by atoms with Crippen LogP contribution in [0.25, 0.3) is 11.1 Å². The molecule has 0 aliphatic heterocycles. The molecule has 0 radical (unpaired) electrons. The minimum absolute atomic E-state index is 0.219. The quantitative estimate of drug-likeness (QED) is 0.278. The van der Waals surface area contributed by atoms with E-state index in [1.165, 1.54) is 19.3 Å². The van der Waals surface area contributed by atoms with Gasteiger partial charge >= 0.3 is 12.0 Å². The molecule has 37 heavy (non-hydrogen) atoms. The number of benzene rings is 3. The largest absolute Gasteiger partial charge is 0.478 e. The first-order chi connectivity index (χ1) is 17.8. The summed E-state index contributed by atoms with van der Waals surface area (Å²) in [4.78, 5) is 27.3. The standard InChI is InChI=1S/C31H35N3O3/c1-21(2)20-34(25-9-5-4-6-10-25)29-18-15-23(26-11-7-8-12-27(26)30(35)36)19-28(29)33-31(37)32-24-16-13-22(3)14-17-24/h7-8,11-19,25H,1,4-6,9-10,20H2,2-3H3,(H,35,36)(H2,32,33,37). The smallest absolute Gasteiger partial charge is 0.336 e. The summed E-state index contributed by atoms with van der Waals surface area (Å²) in [6.07, 6.45) is 5.78. The highest BCUT2D eigenvalue weighted by Gasteiger charge is 2.25. The molecule has 0 saturated heterocycles. The zero-order valence-electron chi connectivity index (χ0n) is 21.6. The summed E-state index contributed by atoms with van der Waals surface area (Å²) < 4.78 is 0. The van der Waals surface area contributed by atoms with Crippen molar-refractivity contribution >= 4 is 29.1 Å². The van der Waals surface area contributed by atoms with E-state index in [9.17, 15) is 14.7 Å². The van der Waals surface area contributed by atoms with Crippen molar-refractivity contribution in [3.8, 4) is 11.1 Å². The van der Waals surface area contributed by atoms with Gasteiger partial charge in [-0.15, -0.1) is 0 Å². The fourth-order valence-corrected chi connectivity index (χ4v) is 4.99. The number of carboxylic acids is 1. The van der Waals surface area contributed by atoms with Gasteiger partial charge < -0.3 is 20.6 Å². The number of carbonyl (C=O) groups excluding carboxylic acids is 1. The SMILES string of the molecule is C=C(C)CN(c1ccc(-c2ccccc2C(=O)O)cc1NC(=O)Nc1ccc(C)cc1)C1CCCCC1. The third-order valence-electron chi connectivity index (χ3n) is 6.79. The highest BCUT2D eigenvalue weighted by atomic mass is 16.4. The Morgan fingerprint density at radius 1 is 0.973 bits per heavy atom. The Kier molecular flexibility index (Phi) is 8.29. The maximum Gasteiger partial charge on any atom is 0.336 e. The molecule has 1 aliphatic carbocycles. The number of carbonyl (C=O) groups is 2. The number of nitrogens with zero attached hydrogens (tertiary/aromatic N) is 1. The van der Waals surface area contributed by atoms with Gasteiger partial charge in [-0.05, 0) is 68.1 Å². The molecule has 4 rings (SSSR count). The molecule has 2 amide bonds. The van der Waals surface area contributed by atoms with E-state index in [2.05, 4.69) is 22.1 Å². The molecule has 192 valence electrons. The first-order valence-corrected chi connectivity index (χ1v) is 12.8. The minimum atomic E-state index is -0.989. The molecule has 0 heterocycles. The second kappa shape index (κ2) is 11.8. The van der Waals surface area contributed by atoms with Crippen LogP contribution in [0.5, 0.6) is 0 Å². The van der Waals surface area contributed by atoms with Gasteiger partial charge in [-0.2, -0.15) is 0 Å². The monoisotopic (exact) mass is 497 g/mol. The van der Waals surface area contributed by atoms with Crippen LogP contribution in [0.4, 0.5) is 21.9 Å². The number of hydrogen-bond donors (Lipinski definition) is 3. The van der Waals surface area contributed by atoms with Crippen LogP contribution < -0.4 is 15.5 Å². The zero-order valence-corrected chi connectivity index (χ0v) is 21.6. The summed E-state index contributed by atoms with van der Waals surface area (Å²) in [5, 5.41) is 15.7. The average molecular weight is 498 g/mol. The van der Waals surface area contributed by atoms with Crippen molar-refractivity contribution < 1.29 is 14.7 Å². The number of nitrogens with one attached hydrogen (secondary N) is 2. The number of anilines is 3. The highest BCUT2D eigenvalue weighted by molar-refractivity contribution is 6.03. The first-order valence-electron chi connectivity index (χ1n) is 12.8. The third-order valence-corrected chi connectivity index (χ3v) is 6.79. The van der Waals surface area contributed by atoms with E-state index < -0.39 is 5.97 Å². The fourth-order valence-electron chi connectivity index (χ4n) is 4.99. The maximum absolute atomic E-state index is 13.1. The number of aromatic carboxylic acids is 1. The number of urea groups is 1. The van der Waals surface area contributed by atoms with Crippen molar-refractivity contribution in [1.82, 2.24) is 0 Å². The Labute approximate surface area is 219 Å². The van der Waals surface area contributed by atoms with Gasteiger partial charge in [-0.3, -0.25) is 0 Å². The molecule has 6 heteroatoms. The van der Waals surface area contributed by atoms with Gasteiger partial charge in [0.25, 0.3) is 0 Å². The zero-order chi connectivity index (χ0) is 26.4. The van der Waals surface area contributed by atoms with E-state index in [1.807, 2.05) is 62.4 Å². The third kappa shape index (κ3) is 6.58. The van der Waals surface area contributed by atoms with Crippen molar-refractivity contribution in [3.63, 3.8) is 0 Å². The van der Waals surface area contributed by atoms with Crippen LogP contribution >= 0.6 is 0 Å². The van der Waals surface area contributed by atoms with Gasteiger partial charge in [0.2, 0.25) is 0 Å². The molecule has 3 aromatic rings. The molecule has 6 nitrogen and oxygen atoms in total. The van der Waals surface area contributed by atoms with Crippen LogP contribution in [0.1, 0.15) is 54.9 Å². The topological polar surface area (TPSA) is 81.7 Å². The molecule has 3 aromatic carbocycles. The first kappa shape index (κ1) is 26.0. The molecule has 0 atom stereocenters. The number of carboxylic acid groups (broad SMARTS) is 1. The number of aryl methyl sites for hydroxylation is 1. The van der Waals surface area contributed by atoms with E-state index in [-0.39, 0.29) is 11.6 Å². The van der Waals surface area contributed by atoms with Gasteiger partial charge in [-0.25, -0.2) is 9.59 Å². The predicted octanol–water partition coefficient (Wildman–Crippen LogP) is 7.72. The highest BCUT2D eigenvalue weighted by Crippen LogP contribution is 2.37. The normalized spacial score (nSPS) is 13.6. The van der Waals surface area contributed by atoms with Crippen molar-refractivity contribution in [2.24, 2.45) is 0 Å². The Balaban J connectivity index is 1.74. The van der Waals surface area contributed by atoms with Gasteiger partial charge in [0.15, 0.2) is 0 Å². The molecule has 0 aromatic heterocycles. The summed E-state index contributed by atoms with van der Waals surface area (Å²) in [7, 11) is 0. The minimum Gasteiger partial charge on any atom is -0.478 e. The summed E-state index contributed by atoms with van der Waals surface area (Å²) in [5.74, 6) is -0.989. The Hall–Kier alpha value is -4.06. The van der Waals surface area contributed by atoms with Crippen LogP contribution in [-0.2, 0) is 0 Å². The van der Waals surface area contributed by atoms with E-state index in [1.54, 1.807) is 18.2 Å². The second-order valence-corrected chi connectivity index (χ2v) is 9.90. The molecule has 0 spiro atoms. The maximum atomic E-state index is 13.1.